The number of ether oxygens (including phenoxy) is 1. The van der Waals surface area contributed by atoms with Gasteiger partial charge in [-0.3, -0.25) is 9.59 Å². The topological polar surface area (TPSA) is 122 Å². The van der Waals surface area contributed by atoms with E-state index in [9.17, 15) is 18.0 Å². The summed E-state index contributed by atoms with van der Waals surface area (Å²) in [6, 6.07) is 13.5. The molecule has 1 amide bonds. The van der Waals surface area contributed by atoms with Crippen LogP contribution in [0.2, 0.25) is 0 Å². The smallest absolute Gasteiger partial charge is 0.303 e. The van der Waals surface area contributed by atoms with Gasteiger partial charge in [0.15, 0.2) is 5.60 Å². The summed E-state index contributed by atoms with van der Waals surface area (Å²) >= 11 is 0. The molecule has 8 nitrogen and oxygen atoms in total. The minimum absolute atomic E-state index is 0. The van der Waals surface area contributed by atoms with Crippen molar-refractivity contribution in [3.05, 3.63) is 59.7 Å². The number of rotatable bonds is 12. The van der Waals surface area contributed by atoms with Crippen LogP contribution >= 0.6 is 0 Å². The van der Waals surface area contributed by atoms with Gasteiger partial charge in [0.1, 0.15) is 5.75 Å². The molecule has 0 heterocycles. The Bertz CT molecular complexity index is 1050. The van der Waals surface area contributed by atoms with Crippen LogP contribution in [-0.4, -0.2) is 73.1 Å². The second kappa shape index (κ2) is 13.3. The van der Waals surface area contributed by atoms with Crippen molar-refractivity contribution in [3.8, 4) is 5.75 Å². The summed E-state index contributed by atoms with van der Waals surface area (Å²) in [4.78, 5) is 23.1. The molecule has 0 unspecified atom stereocenters. The molecule has 0 aliphatic rings. The molecule has 1 radical (unpaired) electrons. The molecule has 0 saturated carbocycles. The van der Waals surface area contributed by atoms with Crippen LogP contribution in [0.1, 0.15) is 44.7 Å². The molecule has 0 aliphatic carbocycles. The normalized spacial score (nSPS) is 12.4. The van der Waals surface area contributed by atoms with Gasteiger partial charge in [-0.25, -0.2) is 13.1 Å². The van der Waals surface area contributed by atoms with E-state index in [2.05, 4.69) is 10.0 Å². The van der Waals surface area contributed by atoms with E-state index in [1.807, 2.05) is 19.1 Å². The number of benzene rings is 2. The van der Waals surface area contributed by atoms with Gasteiger partial charge < -0.3 is 15.2 Å². The Balaban J connectivity index is 0.00000578. The van der Waals surface area contributed by atoms with Crippen molar-refractivity contribution in [2.45, 2.75) is 63.5 Å². The van der Waals surface area contributed by atoms with Gasteiger partial charge in [0.2, 0.25) is 10.0 Å². The summed E-state index contributed by atoms with van der Waals surface area (Å²) < 4.78 is 33.6. The second-order valence-electron chi connectivity index (χ2n) is 8.55. The summed E-state index contributed by atoms with van der Waals surface area (Å²) in [6.07, 6.45) is 0.819. The average Bonchev–Trinajstić information content (AvgIpc) is 2.72. The van der Waals surface area contributed by atoms with Crippen molar-refractivity contribution in [2.24, 2.45) is 0 Å². The van der Waals surface area contributed by atoms with Gasteiger partial charge in [0, 0.05) is 48.6 Å². The van der Waals surface area contributed by atoms with Crippen LogP contribution in [0.25, 0.3) is 0 Å². The molecular weight excluding hydrogens is 467 g/mol. The molecule has 0 spiro atoms. The number of aryl methyl sites for hydroxylation is 1. The van der Waals surface area contributed by atoms with E-state index >= 15 is 0 Å². The van der Waals surface area contributed by atoms with E-state index in [4.69, 9.17) is 9.84 Å². The molecular formula is C24H32N2NaO6S. The molecule has 0 aromatic heterocycles. The van der Waals surface area contributed by atoms with Crippen molar-refractivity contribution in [1.82, 2.24) is 10.0 Å². The number of nitrogens with one attached hydrogen (secondary N) is 2. The summed E-state index contributed by atoms with van der Waals surface area (Å²) in [5.41, 5.74) is 0.766. The first-order chi connectivity index (χ1) is 15.4. The van der Waals surface area contributed by atoms with Gasteiger partial charge in [0.25, 0.3) is 5.91 Å². The molecule has 10 heteroatoms. The first-order valence-corrected chi connectivity index (χ1v) is 12.2. The molecule has 34 heavy (non-hydrogen) atoms. The number of aliphatic carboxylic acids is 1. The maximum atomic E-state index is 12.5. The van der Waals surface area contributed by atoms with Gasteiger partial charge in [-0.05, 0) is 70.4 Å². The zero-order chi connectivity index (χ0) is 24.6. The summed E-state index contributed by atoms with van der Waals surface area (Å²) in [5, 5.41) is 11.3. The molecule has 0 bridgehead atoms. The van der Waals surface area contributed by atoms with Crippen molar-refractivity contribution in [1.29, 1.82) is 0 Å². The first kappa shape index (κ1) is 30.1. The first-order valence-electron chi connectivity index (χ1n) is 10.8. The van der Waals surface area contributed by atoms with E-state index in [-0.39, 0.29) is 59.4 Å². The molecule has 181 valence electrons. The number of hydrogen-bond donors (Lipinski definition) is 3. The Labute approximate surface area is 223 Å². The Morgan fingerprint density at radius 2 is 1.65 bits per heavy atom. The summed E-state index contributed by atoms with van der Waals surface area (Å²) in [5.74, 6) is -0.745. The molecule has 1 atom stereocenters. The minimum Gasteiger partial charge on any atom is -0.481 e. The third-order valence-corrected chi connectivity index (χ3v) is 6.53. The Morgan fingerprint density at radius 1 is 1.06 bits per heavy atom. The SMILES string of the molecule is Cc1ccc(S(=O)(=O)N[C@H](C)Cc2ccc(OC(C)(C)C(=O)NCCCC(=O)O)cc2)cc1.[Na]. The molecule has 0 fully saturated rings. The number of carboxylic acids is 1. The second-order valence-corrected chi connectivity index (χ2v) is 10.3. The van der Waals surface area contributed by atoms with Crippen LogP contribution in [-0.2, 0) is 26.0 Å². The van der Waals surface area contributed by atoms with Crippen LogP contribution in [0.15, 0.2) is 53.4 Å². The molecule has 0 saturated heterocycles. The van der Waals surface area contributed by atoms with Gasteiger partial charge in [-0.2, -0.15) is 0 Å². The van der Waals surface area contributed by atoms with Crippen molar-refractivity contribution < 1.29 is 27.9 Å². The van der Waals surface area contributed by atoms with E-state index < -0.39 is 21.6 Å². The Morgan fingerprint density at radius 3 is 2.21 bits per heavy atom. The number of carbonyl (C=O) groups is 2. The fourth-order valence-electron chi connectivity index (χ4n) is 3.13. The number of carboxylic acid groups (broad SMARTS) is 1. The van der Waals surface area contributed by atoms with Crippen LogP contribution < -0.4 is 14.8 Å². The van der Waals surface area contributed by atoms with Crippen LogP contribution in [0.5, 0.6) is 5.75 Å². The molecule has 2 rings (SSSR count). The summed E-state index contributed by atoms with van der Waals surface area (Å²) in [6.45, 7) is 7.22. The minimum atomic E-state index is -3.60. The third-order valence-electron chi connectivity index (χ3n) is 4.93. The third kappa shape index (κ3) is 9.76. The van der Waals surface area contributed by atoms with Gasteiger partial charge in [-0.15, -0.1) is 0 Å². The monoisotopic (exact) mass is 499 g/mol. The predicted molar refractivity (Wildman–Crippen MR) is 131 cm³/mol. The fraction of sp³-hybridized carbons (Fsp3) is 0.417. The quantitative estimate of drug-likeness (QED) is 0.305. The van der Waals surface area contributed by atoms with Gasteiger partial charge >= 0.3 is 5.97 Å². The van der Waals surface area contributed by atoms with Crippen LogP contribution in [0, 0.1) is 6.92 Å². The number of hydrogen-bond acceptors (Lipinski definition) is 5. The van der Waals surface area contributed by atoms with E-state index in [0.717, 1.165) is 11.1 Å². The van der Waals surface area contributed by atoms with E-state index in [0.29, 0.717) is 18.6 Å². The Hall–Kier alpha value is -1.91. The zero-order valence-corrected chi connectivity index (χ0v) is 23.2. The summed E-state index contributed by atoms with van der Waals surface area (Å²) in [7, 11) is -3.60. The van der Waals surface area contributed by atoms with Gasteiger partial charge in [-0.1, -0.05) is 29.8 Å². The molecule has 2 aromatic carbocycles. The van der Waals surface area contributed by atoms with E-state index in [1.165, 1.54) is 0 Å². The average molecular weight is 500 g/mol. The molecule has 2 aromatic rings. The maximum absolute atomic E-state index is 12.5. The number of carbonyl (C=O) groups excluding carboxylic acids is 1. The van der Waals surface area contributed by atoms with Crippen molar-refractivity contribution in [3.63, 3.8) is 0 Å². The van der Waals surface area contributed by atoms with Crippen molar-refractivity contribution >= 4 is 51.5 Å². The zero-order valence-electron chi connectivity index (χ0n) is 20.4. The van der Waals surface area contributed by atoms with Crippen molar-refractivity contribution in [2.75, 3.05) is 6.54 Å². The van der Waals surface area contributed by atoms with Crippen LogP contribution in [0.4, 0.5) is 0 Å². The molecule has 3 N–H and O–H groups in total. The number of amides is 1. The van der Waals surface area contributed by atoms with E-state index in [1.54, 1.807) is 57.2 Å². The predicted octanol–water partition coefficient (Wildman–Crippen LogP) is 2.66. The standard InChI is InChI=1S/C24H32N2O6S.Na/c1-17-7-13-21(14-8-17)33(30,31)26-18(2)16-19-9-11-20(12-10-19)32-24(3,4)23(29)25-15-5-6-22(27)28;/h7-14,18,26H,5-6,15-16H2,1-4H3,(H,25,29)(H,27,28);/t18-;/m1./s1. The molecule has 0 aliphatic heterocycles. The number of sulfonamides is 1. The maximum Gasteiger partial charge on any atom is 0.303 e. The Kier molecular flexibility index (Phi) is 11.7. The fourth-order valence-corrected chi connectivity index (χ4v) is 4.38. The van der Waals surface area contributed by atoms with Crippen LogP contribution in [0.3, 0.4) is 0 Å². The van der Waals surface area contributed by atoms with Gasteiger partial charge in [0.05, 0.1) is 4.90 Å². The largest absolute Gasteiger partial charge is 0.481 e.